The number of nitro benzene ring substituents is 2. The largest absolute Gasteiger partial charge is 0.289 e. The molecule has 0 fully saturated rings. The molecule has 0 amide bonds. The van der Waals surface area contributed by atoms with Gasteiger partial charge < -0.3 is 0 Å². The molecule has 0 heterocycles. The Hall–Kier alpha value is -2.74. The Morgan fingerprint density at radius 1 is 0.960 bits per heavy atom. The molecule has 0 radical (unpaired) electrons. The van der Waals surface area contributed by atoms with E-state index in [0.717, 1.165) is 18.6 Å². The van der Waals surface area contributed by atoms with Crippen LogP contribution in [0.25, 0.3) is 11.1 Å². The van der Waals surface area contributed by atoms with Gasteiger partial charge in [0.25, 0.3) is 11.4 Å². The third-order valence-electron chi connectivity index (χ3n) is 4.03. The summed E-state index contributed by atoms with van der Waals surface area (Å²) < 4.78 is 0. The van der Waals surface area contributed by atoms with Crippen LogP contribution in [0.5, 0.6) is 0 Å². The SMILES string of the molecule is CCCCSc1cc([N+](=O)[O-])cc2c1-c1ccc([N+](=O)[O-])cc1C2=O. The summed E-state index contributed by atoms with van der Waals surface area (Å²) >= 11 is 1.47. The topological polar surface area (TPSA) is 103 Å². The lowest BCUT2D eigenvalue weighted by molar-refractivity contribution is -0.385. The fraction of sp³-hybridized carbons (Fsp3) is 0.235. The van der Waals surface area contributed by atoms with Gasteiger partial charge in [0.1, 0.15) is 0 Å². The van der Waals surface area contributed by atoms with Crippen molar-refractivity contribution in [1.82, 2.24) is 0 Å². The number of benzene rings is 2. The van der Waals surface area contributed by atoms with E-state index in [2.05, 4.69) is 6.92 Å². The van der Waals surface area contributed by atoms with Crippen LogP contribution in [0.3, 0.4) is 0 Å². The fourth-order valence-electron chi connectivity index (χ4n) is 2.80. The number of hydrogen-bond donors (Lipinski definition) is 0. The van der Waals surface area contributed by atoms with Gasteiger partial charge >= 0.3 is 0 Å². The lowest BCUT2D eigenvalue weighted by Gasteiger charge is -2.08. The van der Waals surface area contributed by atoms with Crippen molar-refractivity contribution in [3.05, 3.63) is 61.7 Å². The van der Waals surface area contributed by atoms with Crippen molar-refractivity contribution in [3.8, 4) is 11.1 Å². The molecule has 0 spiro atoms. The van der Waals surface area contributed by atoms with Gasteiger partial charge in [0.15, 0.2) is 5.78 Å². The molecule has 0 aliphatic heterocycles. The van der Waals surface area contributed by atoms with Crippen LogP contribution < -0.4 is 0 Å². The lowest BCUT2D eigenvalue weighted by atomic mass is 10.0. The van der Waals surface area contributed by atoms with Crippen LogP contribution in [0.2, 0.25) is 0 Å². The van der Waals surface area contributed by atoms with Gasteiger partial charge in [-0.05, 0) is 23.8 Å². The summed E-state index contributed by atoms with van der Waals surface area (Å²) in [5, 5.41) is 22.2. The van der Waals surface area contributed by atoms with Crippen molar-refractivity contribution in [2.75, 3.05) is 5.75 Å². The zero-order valence-corrected chi connectivity index (χ0v) is 14.2. The smallest absolute Gasteiger partial charge is 0.271 e. The molecule has 0 saturated heterocycles. The molecule has 25 heavy (non-hydrogen) atoms. The summed E-state index contributed by atoms with van der Waals surface area (Å²) in [6.45, 7) is 2.05. The zero-order valence-electron chi connectivity index (χ0n) is 13.4. The molecule has 128 valence electrons. The first-order valence-electron chi connectivity index (χ1n) is 7.72. The van der Waals surface area contributed by atoms with Crippen LogP contribution >= 0.6 is 11.8 Å². The van der Waals surface area contributed by atoms with E-state index in [-0.39, 0.29) is 22.5 Å². The monoisotopic (exact) mass is 358 g/mol. The standard InChI is InChI=1S/C17H14N2O5S/c1-2-3-6-25-15-9-11(19(23)24)8-14-16(15)12-5-4-10(18(21)22)7-13(12)17(14)20/h4-5,7-9H,2-3,6H2,1H3. The van der Waals surface area contributed by atoms with Gasteiger partial charge in [-0.3, -0.25) is 25.0 Å². The van der Waals surface area contributed by atoms with E-state index >= 15 is 0 Å². The Kier molecular flexibility index (Phi) is 4.54. The molecule has 3 rings (SSSR count). The highest BCUT2D eigenvalue weighted by atomic mass is 32.2. The number of non-ortho nitro benzene ring substituents is 2. The first-order chi connectivity index (χ1) is 11.9. The van der Waals surface area contributed by atoms with E-state index < -0.39 is 15.6 Å². The fourth-order valence-corrected chi connectivity index (χ4v) is 4.02. The van der Waals surface area contributed by atoms with E-state index in [4.69, 9.17) is 0 Å². The Labute approximate surface area is 147 Å². The highest BCUT2D eigenvalue weighted by molar-refractivity contribution is 7.99. The molecule has 0 aromatic heterocycles. The number of unbranched alkanes of at least 4 members (excludes halogenated alkanes) is 1. The minimum atomic E-state index is -0.560. The van der Waals surface area contributed by atoms with Crippen molar-refractivity contribution in [1.29, 1.82) is 0 Å². The molecule has 2 aromatic rings. The van der Waals surface area contributed by atoms with Crippen molar-refractivity contribution in [2.24, 2.45) is 0 Å². The van der Waals surface area contributed by atoms with Gasteiger partial charge in [0.05, 0.1) is 9.85 Å². The summed E-state index contributed by atoms with van der Waals surface area (Å²) in [6.07, 6.45) is 1.94. The predicted octanol–water partition coefficient (Wildman–Crippen LogP) is 4.61. The van der Waals surface area contributed by atoms with Gasteiger partial charge in [-0.2, -0.15) is 0 Å². The van der Waals surface area contributed by atoms with Crippen LogP contribution in [-0.4, -0.2) is 21.4 Å². The van der Waals surface area contributed by atoms with Crippen molar-refractivity contribution < 1.29 is 14.6 Å². The first-order valence-corrected chi connectivity index (χ1v) is 8.71. The number of fused-ring (bicyclic) bond motifs is 3. The Bertz CT molecular complexity index is 910. The van der Waals surface area contributed by atoms with Crippen molar-refractivity contribution in [3.63, 3.8) is 0 Å². The van der Waals surface area contributed by atoms with E-state index in [1.807, 2.05) is 0 Å². The molecule has 2 aromatic carbocycles. The number of nitro groups is 2. The average molecular weight is 358 g/mol. The van der Waals surface area contributed by atoms with Crippen LogP contribution in [-0.2, 0) is 0 Å². The molecular formula is C17H14N2O5S. The summed E-state index contributed by atoms with van der Waals surface area (Å²) in [7, 11) is 0. The van der Waals surface area contributed by atoms with E-state index in [0.29, 0.717) is 16.0 Å². The summed E-state index contributed by atoms with van der Waals surface area (Å²) in [5.74, 6) is 0.371. The second-order valence-corrected chi connectivity index (χ2v) is 6.78. The lowest BCUT2D eigenvalue weighted by Crippen LogP contribution is -1.98. The normalized spacial score (nSPS) is 12.0. The number of carbonyl (C=O) groups excluding carboxylic acids is 1. The summed E-state index contributed by atoms with van der Waals surface area (Å²) in [5.41, 5.74) is 1.38. The highest BCUT2D eigenvalue weighted by Gasteiger charge is 2.33. The third-order valence-corrected chi connectivity index (χ3v) is 5.15. The van der Waals surface area contributed by atoms with Crippen LogP contribution in [0, 0.1) is 20.2 Å². The molecule has 1 aliphatic carbocycles. The third kappa shape index (κ3) is 3.00. The molecule has 1 aliphatic rings. The van der Waals surface area contributed by atoms with E-state index in [1.54, 1.807) is 6.07 Å². The molecule has 0 atom stereocenters. The van der Waals surface area contributed by atoms with E-state index in [1.165, 1.54) is 36.0 Å². The number of ketones is 1. The molecule has 0 bridgehead atoms. The van der Waals surface area contributed by atoms with Gasteiger partial charge in [-0.15, -0.1) is 11.8 Å². The number of hydrogen-bond acceptors (Lipinski definition) is 6. The summed E-state index contributed by atoms with van der Waals surface area (Å²) in [4.78, 5) is 34.4. The molecular weight excluding hydrogens is 344 g/mol. The number of rotatable bonds is 6. The maximum absolute atomic E-state index is 12.7. The van der Waals surface area contributed by atoms with Crippen LogP contribution in [0.1, 0.15) is 35.7 Å². The Morgan fingerprint density at radius 2 is 1.64 bits per heavy atom. The second-order valence-electron chi connectivity index (χ2n) is 5.64. The van der Waals surface area contributed by atoms with Crippen LogP contribution in [0.4, 0.5) is 11.4 Å². The maximum atomic E-state index is 12.7. The molecule has 0 N–H and O–H groups in total. The van der Waals surface area contributed by atoms with Crippen molar-refractivity contribution >= 4 is 28.9 Å². The maximum Gasteiger partial charge on any atom is 0.271 e. The minimum Gasteiger partial charge on any atom is -0.289 e. The second kappa shape index (κ2) is 6.64. The van der Waals surface area contributed by atoms with Gasteiger partial charge in [-0.1, -0.05) is 13.3 Å². The van der Waals surface area contributed by atoms with E-state index in [9.17, 15) is 25.0 Å². The quantitative estimate of drug-likeness (QED) is 0.276. The number of thioether (sulfide) groups is 1. The van der Waals surface area contributed by atoms with Crippen molar-refractivity contribution in [2.45, 2.75) is 24.7 Å². The van der Waals surface area contributed by atoms with Gasteiger partial charge in [0, 0.05) is 45.9 Å². The minimum absolute atomic E-state index is 0.145. The Balaban J connectivity index is 2.17. The van der Waals surface area contributed by atoms with Gasteiger partial charge in [0.2, 0.25) is 0 Å². The molecule has 8 heteroatoms. The van der Waals surface area contributed by atoms with Crippen LogP contribution in [0.15, 0.2) is 35.2 Å². The molecule has 7 nitrogen and oxygen atoms in total. The molecule has 0 unspecified atom stereocenters. The first kappa shape index (κ1) is 17.1. The number of nitrogens with zero attached hydrogens (tertiary/aromatic N) is 2. The summed E-state index contributed by atoms with van der Waals surface area (Å²) in [6, 6.07) is 6.87. The predicted molar refractivity (Wildman–Crippen MR) is 94.3 cm³/mol. The Morgan fingerprint density at radius 3 is 2.28 bits per heavy atom. The number of carbonyl (C=O) groups is 1. The zero-order chi connectivity index (χ0) is 18.1. The van der Waals surface area contributed by atoms with Gasteiger partial charge in [-0.25, -0.2) is 0 Å². The molecule has 0 saturated carbocycles. The average Bonchev–Trinajstić information content (AvgIpc) is 2.87. The highest BCUT2D eigenvalue weighted by Crippen LogP contribution is 2.45.